The van der Waals surface area contributed by atoms with Gasteiger partial charge >= 0.3 is 5.97 Å². The van der Waals surface area contributed by atoms with Gasteiger partial charge in [0.25, 0.3) is 5.91 Å². The molecule has 1 amide bonds. The minimum Gasteiger partial charge on any atom is -0.461 e. The molecular formula is C19H18INO3. The average Bonchev–Trinajstić information content (AvgIpc) is 2.60. The van der Waals surface area contributed by atoms with E-state index in [2.05, 4.69) is 27.9 Å². The van der Waals surface area contributed by atoms with E-state index in [1.165, 1.54) is 0 Å². The molecule has 1 N–H and O–H groups in total. The number of ether oxygens (including phenoxy) is 1. The Morgan fingerprint density at radius 2 is 1.75 bits per heavy atom. The molecule has 0 aliphatic rings. The lowest BCUT2D eigenvalue weighted by Gasteiger charge is -2.11. The molecule has 0 unspecified atom stereocenters. The summed E-state index contributed by atoms with van der Waals surface area (Å²) >= 11 is 2.09. The second kappa shape index (κ2) is 9.22. The maximum atomic E-state index is 12.5. The zero-order chi connectivity index (χ0) is 17.4. The summed E-state index contributed by atoms with van der Waals surface area (Å²) in [5, 5.41) is 2.67. The Balaban J connectivity index is 2.26. The first-order valence-corrected chi connectivity index (χ1v) is 8.69. The highest BCUT2D eigenvalue weighted by molar-refractivity contribution is 14.1. The molecule has 0 saturated heterocycles. The summed E-state index contributed by atoms with van der Waals surface area (Å²) in [6.45, 7) is 2.22. The minimum absolute atomic E-state index is 0.124. The van der Waals surface area contributed by atoms with Crippen molar-refractivity contribution in [2.24, 2.45) is 0 Å². The Bertz CT molecular complexity index is 741. The quantitative estimate of drug-likeness (QED) is 0.424. The molecule has 0 aliphatic carbocycles. The summed E-state index contributed by atoms with van der Waals surface area (Å²) in [5.74, 6) is -0.879. The topological polar surface area (TPSA) is 55.4 Å². The summed E-state index contributed by atoms with van der Waals surface area (Å²) in [5.41, 5.74) is 1.45. The summed E-state index contributed by atoms with van der Waals surface area (Å²) in [7, 11) is 0. The largest absolute Gasteiger partial charge is 0.461 e. The monoisotopic (exact) mass is 435 g/mol. The van der Waals surface area contributed by atoms with Crippen molar-refractivity contribution in [3.63, 3.8) is 0 Å². The van der Waals surface area contributed by atoms with E-state index in [-0.39, 0.29) is 11.6 Å². The molecule has 0 fully saturated rings. The van der Waals surface area contributed by atoms with Crippen LogP contribution in [0.3, 0.4) is 0 Å². The van der Waals surface area contributed by atoms with E-state index in [9.17, 15) is 9.59 Å². The number of hydrogen-bond donors (Lipinski definition) is 1. The smallest absolute Gasteiger partial charge is 0.354 e. The van der Waals surface area contributed by atoms with Crippen LogP contribution in [0.15, 0.2) is 60.3 Å². The zero-order valence-corrected chi connectivity index (χ0v) is 15.4. The zero-order valence-electron chi connectivity index (χ0n) is 13.3. The third-order valence-corrected chi connectivity index (χ3v) is 4.08. The van der Waals surface area contributed by atoms with Crippen LogP contribution in [0.4, 0.5) is 0 Å². The Hall–Kier alpha value is -2.15. The molecule has 2 aromatic carbocycles. The number of esters is 1. The second-order valence-corrected chi connectivity index (χ2v) is 6.20. The number of carbonyl (C=O) groups excluding carboxylic acids is 2. The fourth-order valence-corrected chi connectivity index (χ4v) is 2.60. The van der Waals surface area contributed by atoms with Crippen molar-refractivity contribution in [1.29, 1.82) is 0 Å². The van der Waals surface area contributed by atoms with Gasteiger partial charge in [-0.2, -0.15) is 0 Å². The third kappa shape index (κ3) is 5.19. The normalized spacial score (nSPS) is 11.0. The minimum atomic E-state index is -0.542. The number of benzene rings is 2. The highest BCUT2D eigenvalue weighted by Crippen LogP contribution is 2.13. The van der Waals surface area contributed by atoms with Crippen molar-refractivity contribution in [1.82, 2.24) is 5.32 Å². The second-order valence-electron chi connectivity index (χ2n) is 5.04. The van der Waals surface area contributed by atoms with Crippen LogP contribution in [0.5, 0.6) is 0 Å². The fraction of sp³-hybridized carbons (Fsp3) is 0.158. The fourth-order valence-electron chi connectivity index (χ4n) is 1.97. The Kier molecular flexibility index (Phi) is 6.99. The van der Waals surface area contributed by atoms with E-state index in [0.29, 0.717) is 12.2 Å². The van der Waals surface area contributed by atoms with Crippen LogP contribution in [-0.2, 0) is 9.53 Å². The van der Waals surface area contributed by atoms with Gasteiger partial charge < -0.3 is 10.1 Å². The number of hydrogen-bond acceptors (Lipinski definition) is 3. The molecule has 2 aromatic rings. The number of nitrogens with one attached hydrogen (secondary N) is 1. The van der Waals surface area contributed by atoms with Gasteiger partial charge in [-0.05, 0) is 52.8 Å². The van der Waals surface area contributed by atoms with Crippen LogP contribution in [0.2, 0.25) is 0 Å². The van der Waals surface area contributed by atoms with E-state index in [1.807, 2.05) is 49.4 Å². The molecule has 0 radical (unpaired) electrons. The van der Waals surface area contributed by atoms with Gasteiger partial charge in [0.05, 0.1) is 12.2 Å². The van der Waals surface area contributed by atoms with Crippen LogP contribution in [0.25, 0.3) is 6.08 Å². The van der Waals surface area contributed by atoms with Gasteiger partial charge in [-0.15, -0.1) is 0 Å². The van der Waals surface area contributed by atoms with Gasteiger partial charge in [-0.25, -0.2) is 4.79 Å². The van der Waals surface area contributed by atoms with Crippen LogP contribution >= 0.6 is 22.6 Å². The lowest BCUT2D eigenvalue weighted by atomic mass is 10.1. The molecule has 24 heavy (non-hydrogen) atoms. The summed E-state index contributed by atoms with van der Waals surface area (Å²) in [6, 6.07) is 16.5. The SMILES string of the molecule is CCCOC(=O)/C(=C\c1ccccc1)NC(=O)c1ccccc1I. The van der Waals surface area contributed by atoms with Crippen molar-refractivity contribution in [3.05, 3.63) is 75.0 Å². The molecule has 2 rings (SSSR count). The molecule has 0 atom stereocenters. The van der Waals surface area contributed by atoms with E-state index in [0.717, 1.165) is 15.6 Å². The summed E-state index contributed by atoms with van der Waals surface area (Å²) < 4.78 is 5.98. The maximum Gasteiger partial charge on any atom is 0.354 e. The molecule has 124 valence electrons. The van der Waals surface area contributed by atoms with Crippen molar-refractivity contribution < 1.29 is 14.3 Å². The van der Waals surface area contributed by atoms with Crippen LogP contribution < -0.4 is 5.32 Å². The predicted octanol–water partition coefficient (Wildman–Crippen LogP) is 4.02. The Morgan fingerprint density at radius 1 is 1.08 bits per heavy atom. The van der Waals surface area contributed by atoms with Crippen molar-refractivity contribution >= 4 is 40.5 Å². The van der Waals surface area contributed by atoms with Crippen LogP contribution in [0.1, 0.15) is 29.3 Å². The van der Waals surface area contributed by atoms with Crippen molar-refractivity contribution in [3.8, 4) is 0 Å². The molecule has 0 aromatic heterocycles. The summed E-state index contributed by atoms with van der Waals surface area (Å²) in [4.78, 5) is 24.7. The maximum absolute atomic E-state index is 12.5. The van der Waals surface area contributed by atoms with Crippen LogP contribution in [-0.4, -0.2) is 18.5 Å². The standard InChI is InChI=1S/C19H18INO3/c1-2-12-24-19(23)17(13-14-8-4-3-5-9-14)21-18(22)15-10-6-7-11-16(15)20/h3-11,13H,2,12H2,1H3,(H,21,22)/b17-13+. The predicted molar refractivity (Wildman–Crippen MR) is 102 cm³/mol. The van der Waals surface area contributed by atoms with E-state index in [4.69, 9.17) is 4.74 Å². The lowest BCUT2D eigenvalue weighted by Crippen LogP contribution is -2.29. The molecule has 0 spiro atoms. The van der Waals surface area contributed by atoms with Gasteiger partial charge in [0.1, 0.15) is 5.70 Å². The number of carbonyl (C=O) groups is 2. The summed E-state index contributed by atoms with van der Waals surface area (Å²) in [6.07, 6.45) is 2.33. The molecule has 0 bridgehead atoms. The van der Waals surface area contributed by atoms with Gasteiger partial charge in [-0.1, -0.05) is 49.4 Å². The highest BCUT2D eigenvalue weighted by Gasteiger charge is 2.17. The number of amides is 1. The molecule has 5 heteroatoms. The van der Waals surface area contributed by atoms with Gasteiger partial charge in [0.15, 0.2) is 0 Å². The Labute approximate surface area is 155 Å². The molecule has 0 saturated carbocycles. The van der Waals surface area contributed by atoms with Gasteiger partial charge in [-0.3, -0.25) is 4.79 Å². The van der Waals surface area contributed by atoms with E-state index in [1.54, 1.807) is 18.2 Å². The first-order chi connectivity index (χ1) is 11.6. The van der Waals surface area contributed by atoms with Crippen LogP contribution in [0, 0.1) is 3.57 Å². The third-order valence-electron chi connectivity index (χ3n) is 3.13. The van der Waals surface area contributed by atoms with E-state index >= 15 is 0 Å². The van der Waals surface area contributed by atoms with E-state index < -0.39 is 5.97 Å². The van der Waals surface area contributed by atoms with Crippen molar-refractivity contribution in [2.45, 2.75) is 13.3 Å². The van der Waals surface area contributed by atoms with Gasteiger partial charge in [0.2, 0.25) is 0 Å². The first kappa shape index (κ1) is 18.2. The van der Waals surface area contributed by atoms with Crippen molar-refractivity contribution in [2.75, 3.05) is 6.61 Å². The molecule has 0 heterocycles. The molecular weight excluding hydrogens is 417 g/mol. The lowest BCUT2D eigenvalue weighted by molar-refractivity contribution is -0.139. The molecule has 0 aliphatic heterocycles. The molecule has 4 nitrogen and oxygen atoms in total. The van der Waals surface area contributed by atoms with Gasteiger partial charge in [0, 0.05) is 3.57 Å². The number of halogens is 1. The Morgan fingerprint density at radius 3 is 2.42 bits per heavy atom. The number of rotatable bonds is 6. The first-order valence-electron chi connectivity index (χ1n) is 7.61. The average molecular weight is 435 g/mol. The highest BCUT2D eigenvalue weighted by atomic mass is 127.